The summed E-state index contributed by atoms with van der Waals surface area (Å²) in [6.07, 6.45) is 7.23. The van der Waals surface area contributed by atoms with Crippen molar-refractivity contribution in [3.8, 4) is 0 Å². The van der Waals surface area contributed by atoms with E-state index in [2.05, 4.69) is 41.6 Å². The van der Waals surface area contributed by atoms with Crippen LogP contribution in [0, 0.1) is 0 Å². The van der Waals surface area contributed by atoms with E-state index in [0.29, 0.717) is 5.92 Å². The third-order valence-corrected chi connectivity index (χ3v) is 4.09. The lowest BCUT2D eigenvalue weighted by Crippen LogP contribution is -2.28. The molecule has 1 unspecified atom stereocenters. The minimum absolute atomic E-state index is 0.685. The van der Waals surface area contributed by atoms with Gasteiger partial charge < -0.3 is 10.3 Å². The minimum atomic E-state index is 0.685. The summed E-state index contributed by atoms with van der Waals surface area (Å²) in [5.74, 6) is 0.685. The first kappa shape index (κ1) is 11.8. The Kier molecular flexibility index (Phi) is 3.37. The third kappa shape index (κ3) is 2.05. The Morgan fingerprint density at radius 3 is 3.06 bits per heavy atom. The van der Waals surface area contributed by atoms with Crippen molar-refractivity contribution in [1.82, 2.24) is 10.3 Å². The lowest BCUT2D eigenvalue weighted by Gasteiger charge is -2.22. The van der Waals surface area contributed by atoms with Crippen molar-refractivity contribution in [2.45, 2.75) is 38.5 Å². The van der Waals surface area contributed by atoms with E-state index < -0.39 is 0 Å². The van der Waals surface area contributed by atoms with Crippen LogP contribution in [0.1, 0.15) is 43.2 Å². The molecule has 1 aliphatic rings. The number of aromatic amines is 1. The zero-order valence-electron chi connectivity index (χ0n) is 11.1. The molecule has 2 nitrogen and oxygen atoms in total. The van der Waals surface area contributed by atoms with Crippen LogP contribution in [-0.2, 0) is 6.42 Å². The van der Waals surface area contributed by atoms with E-state index in [0.717, 1.165) is 6.54 Å². The molecule has 96 valence electrons. The smallest absolute Gasteiger partial charge is 0.0489 e. The number of hydrogen-bond donors (Lipinski definition) is 2. The third-order valence-electron chi connectivity index (χ3n) is 4.09. The van der Waals surface area contributed by atoms with E-state index in [1.807, 2.05) is 0 Å². The summed E-state index contributed by atoms with van der Waals surface area (Å²) in [5, 5.41) is 4.95. The SMILES string of the molecule is CCCc1cccc2c(C3CCCNC3)c[nH]c12. The van der Waals surface area contributed by atoms with E-state index in [4.69, 9.17) is 0 Å². The average molecular weight is 242 g/mol. The summed E-state index contributed by atoms with van der Waals surface area (Å²) in [6, 6.07) is 6.74. The van der Waals surface area contributed by atoms with Crippen molar-refractivity contribution in [3.05, 3.63) is 35.5 Å². The molecule has 2 N–H and O–H groups in total. The number of benzene rings is 1. The van der Waals surface area contributed by atoms with E-state index in [9.17, 15) is 0 Å². The van der Waals surface area contributed by atoms with Crippen LogP contribution in [-0.4, -0.2) is 18.1 Å². The number of H-pyrrole nitrogens is 1. The maximum atomic E-state index is 3.51. The topological polar surface area (TPSA) is 27.8 Å². The Bertz CT molecular complexity index is 521. The predicted molar refractivity (Wildman–Crippen MR) is 77.1 cm³/mol. The van der Waals surface area contributed by atoms with Crippen LogP contribution in [0.5, 0.6) is 0 Å². The highest BCUT2D eigenvalue weighted by Crippen LogP contribution is 2.31. The van der Waals surface area contributed by atoms with Crippen molar-refractivity contribution in [2.24, 2.45) is 0 Å². The zero-order valence-corrected chi connectivity index (χ0v) is 11.1. The van der Waals surface area contributed by atoms with Gasteiger partial charge in [0.15, 0.2) is 0 Å². The van der Waals surface area contributed by atoms with Gasteiger partial charge in [0.25, 0.3) is 0 Å². The Labute approximate surface area is 109 Å². The maximum Gasteiger partial charge on any atom is 0.0489 e. The van der Waals surface area contributed by atoms with Crippen LogP contribution in [0.3, 0.4) is 0 Å². The fraction of sp³-hybridized carbons (Fsp3) is 0.500. The molecule has 1 aromatic carbocycles. The van der Waals surface area contributed by atoms with Crippen molar-refractivity contribution in [3.63, 3.8) is 0 Å². The highest BCUT2D eigenvalue weighted by Gasteiger charge is 2.18. The van der Waals surface area contributed by atoms with Gasteiger partial charge >= 0.3 is 0 Å². The molecule has 2 aromatic rings. The minimum Gasteiger partial charge on any atom is -0.361 e. The molecule has 18 heavy (non-hydrogen) atoms. The summed E-state index contributed by atoms with van der Waals surface area (Å²) in [4.78, 5) is 3.51. The second-order valence-corrected chi connectivity index (χ2v) is 5.38. The van der Waals surface area contributed by atoms with Gasteiger partial charge in [-0.15, -0.1) is 0 Å². The first-order valence-corrected chi connectivity index (χ1v) is 7.19. The fourth-order valence-corrected chi connectivity index (χ4v) is 3.17. The molecule has 0 radical (unpaired) electrons. The van der Waals surface area contributed by atoms with Crippen LogP contribution in [0.25, 0.3) is 10.9 Å². The van der Waals surface area contributed by atoms with E-state index in [1.165, 1.54) is 54.3 Å². The van der Waals surface area contributed by atoms with Crippen LogP contribution in [0.4, 0.5) is 0 Å². The molecule has 0 aliphatic carbocycles. The number of rotatable bonds is 3. The van der Waals surface area contributed by atoms with Crippen LogP contribution in [0.15, 0.2) is 24.4 Å². The number of aromatic nitrogens is 1. The van der Waals surface area contributed by atoms with Crippen LogP contribution >= 0.6 is 0 Å². The second-order valence-electron chi connectivity index (χ2n) is 5.38. The van der Waals surface area contributed by atoms with Crippen molar-refractivity contribution in [1.29, 1.82) is 0 Å². The predicted octanol–water partition coefficient (Wildman–Crippen LogP) is 3.59. The number of hydrogen-bond acceptors (Lipinski definition) is 1. The number of piperidine rings is 1. The molecule has 0 amide bonds. The van der Waals surface area contributed by atoms with Gasteiger partial charge in [0.05, 0.1) is 0 Å². The largest absolute Gasteiger partial charge is 0.361 e. The fourth-order valence-electron chi connectivity index (χ4n) is 3.17. The summed E-state index contributed by atoms with van der Waals surface area (Å²) >= 11 is 0. The maximum absolute atomic E-state index is 3.51. The first-order valence-electron chi connectivity index (χ1n) is 7.19. The van der Waals surface area contributed by atoms with Crippen molar-refractivity contribution < 1.29 is 0 Å². The zero-order chi connectivity index (χ0) is 12.4. The van der Waals surface area contributed by atoms with Crippen LogP contribution < -0.4 is 5.32 Å². The number of nitrogens with one attached hydrogen (secondary N) is 2. The number of para-hydroxylation sites is 1. The van der Waals surface area contributed by atoms with Gasteiger partial charge in [0, 0.05) is 23.6 Å². The Morgan fingerprint density at radius 2 is 2.28 bits per heavy atom. The van der Waals surface area contributed by atoms with Gasteiger partial charge in [-0.05, 0) is 42.9 Å². The molecule has 1 fully saturated rings. The highest BCUT2D eigenvalue weighted by molar-refractivity contribution is 5.86. The molecule has 3 rings (SSSR count). The normalized spacial score (nSPS) is 20.4. The molecule has 0 saturated carbocycles. The Morgan fingerprint density at radius 1 is 1.33 bits per heavy atom. The molecular formula is C16H22N2. The van der Waals surface area contributed by atoms with Gasteiger partial charge in [-0.25, -0.2) is 0 Å². The van der Waals surface area contributed by atoms with Crippen molar-refractivity contribution in [2.75, 3.05) is 13.1 Å². The first-order chi connectivity index (χ1) is 8.90. The molecule has 1 aromatic heterocycles. The molecular weight excluding hydrogens is 220 g/mol. The van der Waals surface area contributed by atoms with Gasteiger partial charge in [0.1, 0.15) is 0 Å². The molecule has 1 aliphatic heterocycles. The monoisotopic (exact) mass is 242 g/mol. The molecule has 1 atom stereocenters. The Hall–Kier alpha value is -1.28. The number of aryl methyl sites for hydroxylation is 1. The van der Waals surface area contributed by atoms with Gasteiger partial charge in [-0.3, -0.25) is 0 Å². The van der Waals surface area contributed by atoms with Gasteiger partial charge in [-0.2, -0.15) is 0 Å². The summed E-state index contributed by atoms with van der Waals surface area (Å²) in [6.45, 7) is 4.55. The summed E-state index contributed by atoms with van der Waals surface area (Å²) in [7, 11) is 0. The quantitative estimate of drug-likeness (QED) is 0.846. The standard InChI is InChI=1S/C16H22N2/c1-2-5-12-6-3-8-14-15(11-18-16(12)14)13-7-4-9-17-10-13/h3,6,8,11,13,17-18H,2,4-5,7,9-10H2,1H3. The van der Waals surface area contributed by atoms with E-state index >= 15 is 0 Å². The molecule has 0 spiro atoms. The van der Waals surface area contributed by atoms with E-state index in [-0.39, 0.29) is 0 Å². The van der Waals surface area contributed by atoms with Gasteiger partial charge in [-0.1, -0.05) is 31.5 Å². The van der Waals surface area contributed by atoms with Crippen LogP contribution in [0.2, 0.25) is 0 Å². The highest BCUT2D eigenvalue weighted by atomic mass is 14.9. The van der Waals surface area contributed by atoms with E-state index in [1.54, 1.807) is 0 Å². The lowest BCUT2D eigenvalue weighted by atomic mass is 9.91. The summed E-state index contributed by atoms with van der Waals surface area (Å²) in [5.41, 5.74) is 4.33. The van der Waals surface area contributed by atoms with Crippen molar-refractivity contribution >= 4 is 10.9 Å². The van der Waals surface area contributed by atoms with Gasteiger partial charge in [0.2, 0.25) is 0 Å². The molecule has 0 bridgehead atoms. The average Bonchev–Trinajstić information content (AvgIpc) is 2.85. The molecule has 2 heterocycles. The second kappa shape index (κ2) is 5.15. The lowest BCUT2D eigenvalue weighted by molar-refractivity contribution is 0.463. The molecule has 1 saturated heterocycles. The number of fused-ring (bicyclic) bond motifs is 1. The molecule has 2 heteroatoms. The Balaban J connectivity index is 2.00. The summed E-state index contributed by atoms with van der Waals surface area (Å²) < 4.78 is 0.